The van der Waals surface area contributed by atoms with Crippen molar-refractivity contribution in [3.63, 3.8) is 0 Å². The molecule has 4 fully saturated rings. The van der Waals surface area contributed by atoms with Crippen LogP contribution >= 0.6 is 15.9 Å². The van der Waals surface area contributed by atoms with Crippen molar-refractivity contribution in [1.29, 1.82) is 0 Å². The molecule has 4 aliphatic carbocycles. The minimum atomic E-state index is -3.91. The van der Waals surface area contributed by atoms with Gasteiger partial charge in [0.15, 0.2) is 0 Å². The summed E-state index contributed by atoms with van der Waals surface area (Å²) < 4.78 is 30.4. The lowest BCUT2D eigenvalue weighted by molar-refractivity contribution is -0.140. The number of halogens is 1. The van der Waals surface area contributed by atoms with Gasteiger partial charge >= 0.3 is 0 Å². The standard InChI is InChI=1S/C29H34BrN3O3S/c1-27-12-19-13-28(2,16-27)18-29(14-19,17-27)32-26(34)25(11-20-15-31-24-6-4-3-5-23(20)24)33-37(35,36)22-9-7-21(30)8-10-22/h3-10,15,19,25,31,33H,11-14,16-18H2,1-2H3,(H,32,34)/t19-,25-,27+,28-,29?/m0/s1. The van der Waals surface area contributed by atoms with Crippen molar-refractivity contribution in [1.82, 2.24) is 15.0 Å². The second kappa shape index (κ2) is 8.68. The van der Waals surface area contributed by atoms with Crippen LogP contribution in [0.3, 0.4) is 0 Å². The molecule has 4 saturated carbocycles. The van der Waals surface area contributed by atoms with Crippen molar-refractivity contribution >= 4 is 42.8 Å². The maximum Gasteiger partial charge on any atom is 0.241 e. The minimum Gasteiger partial charge on any atom is -0.361 e. The minimum absolute atomic E-state index is 0.141. The Morgan fingerprint density at radius 1 is 1.03 bits per heavy atom. The summed E-state index contributed by atoms with van der Waals surface area (Å²) in [5.74, 6) is 0.387. The summed E-state index contributed by atoms with van der Waals surface area (Å²) in [6.07, 6.45) is 8.75. The summed E-state index contributed by atoms with van der Waals surface area (Å²) in [7, 11) is -3.91. The summed E-state index contributed by atoms with van der Waals surface area (Å²) in [4.78, 5) is 17.4. The zero-order chi connectivity index (χ0) is 26.1. The second-order valence-corrected chi connectivity index (χ2v) is 15.2. The highest BCUT2D eigenvalue weighted by atomic mass is 79.9. The Morgan fingerprint density at radius 2 is 1.70 bits per heavy atom. The van der Waals surface area contributed by atoms with Gasteiger partial charge in [0.05, 0.1) is 4.90 Å². The van der Waals surface area contributed by atoms with Crippen LogP contribution in [0.2, 0.25) is 0 Å². The van der Waals surface area contributed by atoms with Crippen LogP contribution in [0.25, 0.3) is 10.9 Å². The normalized spacial score (nSPS) is 31.5. The Kier molecular flexibility index (Phi) is 5.90. The molecular formula is C29H34BrN3O3S. The van der Waals surface area contributed by atoms with Gasteiger partial charge in [0, 0.05) is 27.1 Å². The van der Waals surface area contributed by atoms with Gasteiger partial charge in [-0.1, -0.05) is 48.0 Å². The number of carbonyl (C=O) groups excluding carboxylic acids is 1. The Bertz CT molecular complexity index is 1450. The molecule has 0 saturated heterocycles. The lowest BCUT2D eigenvalue weighted by Crippen LogP contribution is -2.67. The number of benzene rings is 2. The van der Waals surface area contributed by atoms with Crippen LogP contribution in [0.4, 0.5) is 0 Å². The van der Waals surface area contributed by atoms with Crippen molar-refractivity contribution in [2.75, 3.05) is 0 Å². The van der Waals surface area contributed by atoms with Crippen molar-refractivity contribution in [3.8, 4) is 0 Å². The molecule has 4 bridgehead atoms. The molecule has 6 nitrogen and oxygen atoms in total. The molecule has 0 spiro atoms. The number of H-pyrrole nitrogens is 1. The molecule has 0 radical (unpaired) electrons. The third kappa shape index (κ3) is 4.77. The van der Waals surface area contributed by atoms with E-state index in [2.05, 4.69) is 44.8 Å². The smallest absolute Gasteiger partial charge is 0.241 e. The molecule has 1 unspecified atom stereocenters. The molecular weight excluding hydrogens is 550 g/mol. The first kappa shape index (κ1) is 25.1. The van der Waals surface area contributed by atoms with Crippen LogP contribution in [-0.4, -0.2) is 30.9 Å². The summed E-state index contributed by atoms with van der Waals surface area (Å²) in [5, 5.41) is 4.43. The lowest BCUT2D eigenvalue weighted by atomic mass is 9.43. The van der Waals surface area contributed by atoms with Crippen LogP contribution < -0.4 is 10.0 Å². The topological polar surface area (TPSA) is 91.1 Å². The van der Waals surface area contributed by atoms with E-state index in [4.69, 9.17) is 0 Å². The van der Waals surface area contributed by atoms with E-state index in [-0.39, 0.29) is 33.6 Å². The Hall–Kier alpha value is -2.16. The van der Waals surface area contributed by atoms with Gasteiger partial charge in [0.1, 0.15) is 6.04 Å². The van der Waals surface area contributed by atoms with Crippen LogP contribution in [0.5, 0.6) is 0 Å². The summed E-state index contributed by atoms with van der Waals surface area (Å²) in [5.41, 5.74) is 2.10. The monoisotopic (exact) mass is 583 g/mol. The van der Waals surface area contributed by atoms with Gasteiger partial charge in [0.25, 0.3) is 0 Å². The first-order valence-corrected chi connectivity index (χ1v) is 15.4. The highest BCUT2D eigenvalue weighted by Crippen LogP contribution is 2.66. The number of rotatable bonds is 7. The Labute approximate surface area is 227 Å². The van der Waals surface area contributed by atoms with E-state index >= 15 is 0 Å². The molecule has 37 heavy (non-hydrogen) atoms. The van der Waals surface area contributed by atoms with E-state index in [1.54, 1.807) is 24.3 Å². The van der Waals surface area contributed by atoms with E-state index in [1.165, 1.54) is 19.3 Å². The summed E-state index contributed by atoms with van der Waals surface area (Å²) in [6, 6.07) is 13.5. The molecule has 1 amide bonds. The third-order valence-electron chi connectivity index (χ3n) is 8.85. The zero-order valence-electron chi connectivity index (χ0n) is 21.3. The number of aromatic nitrogens is 1. The van der Waals surface area contributed by atoms with E-state index in [9.17, 15) is 13.2 Å². The first-order chi connectivity index (χ1) is 17.5. The van der Waals surface area contributed by atoms with Gasteiger partial charge in [-0.25, -0.2) is 8.42 Å². The van der Waals surface area contributed by atoms with Gasteiger partial charge in [-0.3, -0.25) is 4.79 Å². The highest BCUT2D eigenvalue weighted by molar-refractivity contribution is 9.10. The van der Waals surface area contributed by atoms with E-state index < -0.39 is 16.1 Å². The average molecular weight is 585 g/mol. The van der Waals surface area contributed by atoms with E-state index in [0.29, 0.717) is 5.92 Å². The fourth-order valence-electron chi connectivity index (χ4n) is 8.51. The number of nitrogens with one attached hydrogen (secondary N) is 3. The number of aromatic amines is 1. The van der Waals surface area contributed by atoms with Crippen molar-refractivity contribution in [3.05, 3.63) is 64.8 Å². The van der Waals surface area contributed by atoms with Gasteiger partial charge in [-0.15, -0.1) is 0 Å². The molecule has 1 aromatic heterocycles. The van der Waals surface area contributed by atoms with Gasteiger partial charge in [-0.05, 0) is 97.6 Å². The van der Waals surface area contributed by atoms with Crippen LogP contribution in [0, 0.1) is 16.7 Å². The predicted octanol–water partition coefficient (Wildman–Crippen LogP) is 5.69. The van der Waals surface area contributed by atoms with E-state index in [1.807, 2.05) is 30.5 Å². The zero-order valence-corrected chi connectivity index (χ0v) is 23.7. The Morgan fingerprint density at radius 3 is 2.38 bits per heavy atom. The second-order valence-electron chi connectivity index (χ2n) is 12.6. The summed E-state index contributed by atoms with van der Waals surface area (Å²) >= 11 is 3.36. The number of hydrogen-bond acceptors (Lipinski definition) is 3. The largest absolute Gasteiger partial charge is 0.361 e. The van der Waals surface area contributed by atoms with Crippen LogP contribution in [0.15, 0.2) is 64.1 Å². The maximum atomic E-state index is 14.0. The van der Waals surface area contributed by atoms with Crippen molar-refractivity contribution in [2.45, 2.75) is 75.3 Å². The van der Waals surface area contributed by atoms with Crippen LogP contribution in [0.1, 0.15) is 57.9 Å². The SMILES string of the molecule is C[C@]12C[C@@H]3CC(NC(=O)[C@H](Cc4c[nH]c5ccccc45)NS(=O)(=O)c4ccc(Br)cc4)(C1)C[C@@](C)(C3)C2. The molecule has 196 valence electrons. The maximum absolute atomic E-state index is 14.0. The number of hydrogen-bond donors (Lipinski definition) is 3. The number of amides is 1. The molecule has 2 aromatic carbocycles. The molecule has 0 aliphatic heterocycles. The molecule has 3 aromatic rings. The van der Waals surface area contributed by atoms with Crippen LogP contribution in [-0.2, 0) is 21.2 Å². The first-order valence-electron chi connectivity index (χ1n) is 13.1. The highest BCUT2D eigenvalue weighted by Gasteiger charge is 2.60. The molecule has 4 aliphatic rings. The molecule has 8 heteroatoms. The molecule has 7 rings (SSSR count). The summed E-state index contributed by atoms with van der Waals surface area (Å²) in [6.45, 7) is 4.74. The average Bonchev–Trinajstić information content (AvgIpc) is 3.19. The Balaban J connectivity index is 1.31. The third-order valence-corrected chi connectivity index (χ3v) is 10.9. The van der Waals surface area contributed by atoms with Crippen molar-refractivity contribution < 1.29 is 13.2 Å². The molecule has 3 N–H and O–H groups in total. The number of carbonyl (C=O) groups is 1. The number of para-hydroxylation sites is 1. The molecule has 5 atom stereocenters. The lowest BCUT2D eigenvalue weighted by Gasteiger charge is -2.65. The van der Waals surface area contributed by atoms with E-state index in [0.717, 1.165) is 40.2 Å². The fourth-order valence-corrected chi connectivity index (χ4v) is 9.97. The van der Waals surface area contributed by atoms with Gasteiger partial charge < -0.3 is 10.3 Å². The van der Waals surface area contributed by atoms with Crippen molar-refractivity contribution in [2.24, 2.45) is 16.7 Å². The molecule has 1 heterocycles. The number of sulfonamides is 1. The quantitative estimate of drug-likeness (QED) is 0.334. The van der Waals surface area contributed by atoms with Gasteiger partial charge in [0.2, 0.25) is 15.9 Å². The predicted molar refractivity (Wildman–Crippen MR) is 149 cm³/mol. The number of fused-ring (bicyclic) bond motifs is 1. The van der Waals surface area contributed by atoms with Gasteiger partial charge in [-0.2, -0.15) is 4.72 Å². The fraction of sp³-hybridized carbons (Fsp3) is 0.483.